The Morgan fingerprint density at radius 1 is 1.37 bits per heavy atom. The third-order valence-corrected chi connectivity index (χ3v) is 3.99. The number of hydrogen-bond donors (Lipinski definition) is 1. The number of nitrogens with one attached hydrogen (secondary N) is 1. The van der Waals surface area contributed by atoms with Crippen molar-refractivity contribution in [1.82, 2.24) is 15.4 Å². The van der Waals surface area contributed by atoms with Gasteiger partial charge in [0.1, 0.15) is 5.76 Å². The third kappa shape index (κ3) is 4.05. The number of aromatic nitrogens is 1. The monoisotopic (exact) mass is 265 g/mol. The number of piperidine rings is 1. The summed E-state index contributed by atoms with van der Waals surface area (Å²) >= 11 is 0. The van der Waals surface area contributed by atoms with Crippen LogP contribution in [0, 0.1) is 13.8 Å². The van der Waals surface area contributed by atoms with E-state index < -0.39 is 0 Å². The summed E-state index contributed by atoms with van der Waals surface area (Å²) in [7, 11) is 0. The fourth-order valence-corrected chi connectivity index (χ4v) is 2.89. The van der Waals surface area contributed by atoms with E-state index in [1.807, 2.05) is 13.8 Å². The highest BCUT2D eigenvalue weighted by Gasteiger charge is 2.19. The maximum Gasteiger partial charge on any atom is 0.138 e. The molecule has 1 fully saturated rings. The second-order valence-corrected chi connectivity index (χ2v) is 5.68. The van der Waals surface area contributed by atoms with Crippen molar-refractivity contribution < 1.29 is 4.52 Å². The number of hydrogen-bond acceptors (Lipinski definition) is 4. The lowest BCUT2D eigenvalue weighted by molar-refractivity contribution is 0.216. The van der Waals surface area contributed by atoms with Crippen molar-refractivity contribution in [2.45, 2.75) is 59.0 Å². The molecule has 0 amide bonds. The Hall–Kier alpha value is -0.870. The molecular formula is C15H27N3O. The number of nitrogens with zero attached hydrogens (tertiary/aromatic N) is 2. The fourth-order valence-electron chi connectivity index (χ4n) is 2.89. The first-order chi connectivity index (χ1) is 9.20. The van der Waals surface area contributed by atoms with Crippen LogP contribution >= 0.6 is 0 Å². The van der Waals surface area contributed by atoms with Crippen LogP contribution in [0.2, 0.25) is 0 Å². The van der Waals surface area contributed by atoms with Crippen LogP contribution in [0.15, 0.2) is 4.52 Å². The largest absolute Gasteiger partial charge is 0.361 e. The summed E-state index contributed by atoms with van der Waals surface area (Å²) < 4.78 is 5.27. The molecule has 108 valence electrons. The Bertz CT molecular complexity index is 363. The summed E-state index contributed by atoms with van der Waals surface area (Å²) in [5, 5.41) is 7.69. The predicted octanol–water partition coefficient (Wildman–Crippen LogP) is 2.65. The van der Waals surface area contributed by atoms with Gasteiger partial charge in [-0.2, -0.15) is 0 Å². The first-order valence-corrected chi connectivity index (χ1v) is 7.58. The molecule has 19 heavy (non-hydrogen) atoms. The second kappa shape index (κ2) is 7.06. The maximum absolute atomic E-state index is 5.27. The normalized spacial score (nSPS) is 20.1. The zero-order valence-electron chi connectivity index (χ0n) is 12.5. The van der Waals surface area contributed by atoms with Crippen molar-refractivity contribution in [3.8, 4) is 0 Å². The smallest absolute Gasteiger partial charge is 0.138 e. The van der Waals surface area contributed by atoms with Crippen LogP contribution in [0.4, 0.5) is 0 Å². The van der Waals surface area contributed by atoms with Gasteiger partial charge in [0.05, 0.1) is 5.69 Å². The van der Waals surface area contributed by atoms with Crippen LogP contribution in [0.5, 0.6) is 0 Å². The highest BCUT2D eigenvalue weighted by Crippen LogP contribution is 2.17. The maximum atomic E-state index is 5.27. The summed E-state index contributed by atoms with van der Waals surface area (Å²) in [5.74, 6) is 0.968. The molecule has 2 rings (SSSR count). The summed E-state index contributed by atoms with van der Waals surface area (Å²) in [6.07, 6.45) is 5.19. The van der Waals surface area contributed by atoms with Gasteiger partial charge in [0.25, 0.3) is 0 Å². The molecular weight excluding hydrogens is 238 g/mol. The van der Waals surface area contributed by atoms with Crippen molar-refractivity contribution in [2.75, 3.05) is 19.6 Å². The molecule has 1 saturated heterocycles. The first-order valence-electron chi connectivity index (χ1n) is 7.58. The van der Waals surface area contributed by atoms with E-state index in [1.165, 1.54) is 37.8 Å². The molecule has 1 N–H and O–H groups in total. The molecule has 1 aliphatic rings. The van der Waals surface area contributed by atoms with E-state index in [1.54, 1.807) is 0 Å². The molecule has 0 bridgehead atoms. The summed E-state index contributed by atoms with van der Waals surface area (Å²) in [4.78, 5) is 2.54. The Balaban J connectivity index is 1.95. The number of rotatable bonds is 6. The quantitative estimate of drug-likeness (QED) is 0.858. The lowest BCUT2D eigenvalue weighted by Crippen LogP contribution is -2.43. The van der Waals surface area contributed by atoms with Gasteiger partial charge in [-0.1, -0.05) is 18.5 Å². The van der Waals surface area contributed by atoms with Crippen LogP contribution in [0.3, 0.4) is 0 Å². The molecule has 2 heterocycles. The van der Waals surface area contributed by atoms with E-state index in [2.05, 4.69) is 22.3 Å². The van der Waals surface area contributed by atoms with Crippen molar-refractivity contribution in [1.29, 1.82) is 0 Å². The van der Waals surface area contributed by atoms with Gasteiger partial charge in [0.2, 0.25) is 0 Å². The van der Waals surface area contributed by atoms with Crippen molar-refractivity contribution in [3.05, 3.63) is 17.0 Å². The summed E-state index contributed by atoms with van der Waals surface area (Å²) in [5.41, 5.74) is 2.31. The lowest BCUT2D eigenvalue weighted by Gasteiger charge is -2.30. The van der Waals surface area contributed by atoms with E-state index in [0.29, 0.717) is 6.04 Å². The Morgan fingerprint density at radius 2 is 2.21 bits per heavy atom. The molecule has 4 nitrogen and oxygen atoms in total. The Kier molecular flexibility index (Phi) is 5.40. The van der Waals surface area contributed by atoms with E-state index in [-0.39, 0.29) is 0 Å². The minimum atomic E-state index is 0.653. The zero-order chi connectivity index (χ0) is 13.7. The average molecular weight is 265 g/mol. The Labute approximate surface area is 116 Å². The molecule has 1 unspecified atom stereocenters. The molecule has 0 radical (unpaired) electrons. The van der Waals surface area contributed by atoms with Gasteiger partial charge in [-0.05, 0) is 46.2 Å². The molecule has 1 aromatic rings. The van der Waals surface area contributed by atoms with Gasteiger partial charge >= 0.3 is 0 Å². The van der Waals surface area contributed by atoms with Gasteiger partial charge in [0.15, 0.2) is 0 Å². The molecule has 0 aromatic carbocycles. The van der Waals surface area contributed by atoms with Crippen LogP contribution in [0.25, 0.3) is 0 Å². The predicted molar refractivity (Wildman–Crippen MR) is 77.2 cm³/mol. The van der Waals surface area contributed by atoms with Gasteiger partial charge < -0.3 is 9.84 Å². The van der Waals surface area contributed by atoms with E-state index in [9.17, 15) is 0 Å². The van der Waals surface area contributed by atoms with Crippen molar-refractivity contribution in [3.63, 3.8) is 0 Å². The molecule has 0 aliphatic carbocycles. The molecule has 0 saturated carbocycles. The standard InChI is InChI=1S/C15H27N3O/c1-4-9-18(10-14-7-5-6-8-16-14)11-15-12(2)17-19-13(15)3/h14,16H,4-11H2,1-3H3. The molecule has 4 heteroatoms. The van der Waals surface area contributed by atoms with Gasteiger partial charge in [-0.25, -0.2) is 0 Å². The molecule has 1 aliphatic heterocycles. The van der Waals surface area contributed by atoms with Gasteiger partial charge in [0, 0.05) is 24.7 Å². The average Bonchev–Trinajstić information content (AvgIpc) is 2.72. The second-order valence-electron chi connectivity index (χ2n) is 5.68. The van der Waals surface area contributed by atoms with Gasteiger partial charge in [-0.3, -0.25) is 4.90 Å². The zero-order valence-corrected chi connectivity index (χ0v) is 12.5. The highest BCUT2D eigenvalue weighted by molar-refractivity contribution is 5.20. The van der Waals surface area contributed by atoms with Crippen LogP contribution in [-0.2, 0) is 6.54 Å². The van der Waals surface area contributed by atoms with E-state index in [0.717, 1.165) is 31.1 Å². The highest BCUT2D eigenvalue weighted by atomic mass is 16.5. The molecule has 1 atom stereocenters. The SMILES string of the molecule is CCCN(Cc1c(C)noc1C)CC1CCCCN1. The summed E-state index contributed by atoms with van der Waals surface area (Å²) in [6, 6.07) is 0.653. The lowest BCUT2D eigenvalue weighted by atomic mass is 10.0. The minimum absolute atomic E-state index is 0.653. The minimum Gasteiger partial charge on any atom is -0.361 e. The summed E-state index contributed by atoms with van der Waals surface area (Å²) in [6.45, 7) is 10.7. The van der Waals surface area contributed by atoms with Gasteiger partial charge in [-0.15, -0.1) is 0 Å². The Morgan fingerprint density at radius 3 is 2.79 bits per heavy atom. The van der Waals surface area contributed by atoms with Crippen LogP contribution in [0.1, 0.15) is 49.6 Å². The van der Waals surface area contributed by atoms with E-state index in [4.69, 9.17) is 4.52 Å². The van der Waals surface area contributed by atoms with Crippen molar-refractivity contribution in [2.24, 2.45) is 0 Å². The van der Waals surface area contributed by atoms with Crippen LogP contribution in [-0.4, -0.2) is 35.7 Å². The molecule has 1 aromatic heterocycles. The fraction of sp³-hybridized carbons (Fsp3) is 0.800. The first kappa shape index (κ1) is 14.5. The molecule has 0 spiro atoms. The van der Waals surface area contributed by atoms with Crippen molar-refractivity contribution >= 4 is 0 Å². The topological polar surface area (TPSA) is 41.3 Å². The number of aryl methyl sites for hydroxylation is 2. The van der Waals surface area contributed by atoms with E-state index >= 15 is 0 Å². The third-order valence-electron chi connectivity index (χ3n) is 3.99. The van der Waals surface area contributed by atoms with Crippen LogP contribution < -0.4 is 5.32 Å².